The van der Waals surface area contributed by atoms with Gasteiger partial charge in [-0.25, -0.2) is 4.79 Å². The summed E-state index contributed by atoms with van der Waals surface area (Å²) in [6.07, 6.45) is 0.800. The summed E-state index contributed by atoms with van der Waals surface area (Å²) in [5.74, 6) is 0. The number of rotatable bonds is 11. The van der Waals surface area contributed by atoms with Crippen LogP contribution in [0.25, 0.3) is 0 Å². The van der Waals surface area contributed by atoms with Crippen LogP contribution in [0.15, 0.2) is 0 Å². The van der Waals surface area contributed by atoms with Crippen molar-refractivity contribution in [3.05, 3.63) is 0 Å². The molecule has 0 radical (unpaired) electrons. The molecular weight excluding hydrogens is 344 g/mol. The van der Waals surface area contributed by atoms with Gasteiger partial charge in [0.15, 0.2) is 0 Å². The molecule has 162 valence electrons. The number of carbonyl (C=O) groups is 1. The molecule has 0 saturated carbocycles. The summed E-state index contributed by atoms with van der Waals surface area (Å²) in [5, 5.41) is 0. The second-order valence-corrected chi connectivity index (χ2v) is 10.0. The Morgan fingerprint density at radius 2 is 1.30 bits per heavy atom. The van der Waals surface area contributed by atoms with Crippen LogP contribution in [0.5, 0.6) is 0 Å². The molecular formula is C22H44O5. The van der Waals surface area contributed by atoms with E-state index >= 15 is 0 Å². The van der Waals surface area contributed by atoms with E-state index in [1.165, 1.54) is 0 Å². The third-order valence-electron chi connectivity index (χ3n) is 4.90. The Kier molecular flexibility index (Phi) is 9.80. The Morgan fingerprint density at radius 3 is 1.74 bits per heavy atom. The molecule has 0 spiro atoms. The molecule has 0 aliphatic rings. The van der Waals surface area contributed by atoms with Gasteiger partial charge >= 0.3 is 6.16 Å². The van der Waals surface area contributed by atoms with Crippen molar-refractivity contribution >= 4 is 6.16 Å². The summed E-state index contributed by atoms with van der Waals surface area (Å²) < 4.78 is 22.9. The molecule has 0 N–H and O–H groups in total. The van der Waals surface area contributed by atoms with Gasteiger partial charge in [-0.2, -0.15) is 0 Å². The van der Waals surface area contributed by atoms with Crippen LogP contribution in [0.2, 0.25) is 0 Å². The van der Waals surface area contributed by atoms with Crippen LogP contribution < -0.4 is 0 Å². The van der Waals surface area contributed by atoms with Crippen molar-refractivity contribution in [1.29, 1.82) is 0 Å². The maximum absolute atomic E-state index is 12.4. The summed E-state index contributed by atoms with van der Waals surface area (Å²) in [7, 11) is 0. The van der Waals surface area contributed by atoms with Crippen LogP contribution in [-0.2, 0) is 18.9 Å². The maximum Gasteiger partial charge on any atom is 0.509 e. The van der Waals surface area contributed by atoms with Crippen LogP contribution in [0.3, 0.4) is 0 Å². The van der Waals surface area contributed by atoms with E-state index in [0.29, 0.717) is 6.42 Å². The SMILES string of the molecule is CC(C)OC(C)CC(C)(C)C(C)(C)OC(=O)OC(C)CC(C)(C)OC(C)C. The van der Waals surface area contributed by atoms with Crippen molar-refractivity contribution in [2.75, 3.05) is 0 Å². The van der Waals surface area contributed by atoms with E-state index in [1.807, 2.05) is 62.3 Å². The second kappa shape index (κ2) is 10.1. The second-order valence-electron chi connectivity index (χ2n) is 10.0. The monoisotopic (exact) mass is 388 g/mol. The van der Waals surface area contributed by atoms with Crippen LogP contribution >= 0.6 is 0 Å². The first-order valence-electron chi connectivity index (χ1n) is 10.2. The molecule has 0 aliphatic carbocycles. The zero-order valence-corrected chi connectivity index (χ0v) is 19.8. The van der Waals surface area contributed by atoms with Crippen molar-refractivity contribution in [2.45, 2.75) is 132 Å². The van der Waals surface area contributed by atoms with Gasteiger partial charge in [0.2, 0.25) is 0 Å². The third-order valence-corrected chi connectivity index (χ3v) is 4.90. The summed E-state index contributed by atoms with van der Waals surface area (Å²) in [6, 6.07) is 0. The Balaban J connectivity index is 4.76. The van der Waals surface area contributed by atoms with Crippen molar-refractivity contribution in [3.63, 3.8) is 0 Å². The molecule has 0 bridgehead atoms. The summed E-state index contributed by atoms with van der Waals surface area (Å²) in [4.78, 5) is 12.4. The predicted molar refractivity (Wildman–Crippen MR) is 110 cm³/mol. The van der Waals surface area contributed by atoms with Gasteiger partial charge in [-0.3, -0.25) is 0 Å². The number of ether oxygens (including phenoxy) is 4. The van der Waals surface area contributed by atoms with E-state index in [9.17, 15) is 4.79 Å². The van der Waals surface area contributed by atoms with E-state index in [-0.39, 0.29) is 35.4 Å². The van der Waals surface area contributed by atoms with Crippen LogP contribution in [0.4, 0.5) is 4.79 Å². The quantitative estimate of drug-likeness (QED) is 0.398. The first-order chi connectivity index (χ1) is 12.0. The molecule has 2 atom stereocenters. The van der Waals surface area contributed by atoms with Crippen LogP contribution in [-0.4, -0.2) is 41.8 Å². The molecule has 0 aromatic rings. The summed E-state index contributed by atoms with van der Waals surface area (Å²) in [5.41, 5.74) is -1.34. The molecule has 0 heterocycles. The van der Waals surface area contributed by atoms with E-state index in [0.717, 1.165) is 6.42 Å². The van der Waals surface area contributed by atoms with Crippen molar-refractivity contribution in [1.82, 2.24) is 0 Å². The number of hydrogen-bond donors (Lipinski definition) is 0. The zero-order valence-electron chi connectivity index (χ0n) is 19.8. The van der Waals surface area contributed by atoms with Crippen molar-refractivity contribution in [3.8, 4) is 0 Å². The van der Waals surface area contributed by atoms with E-state index in [2.05, 4.69) is 20.8 Å². The minimum Gasteiger partial charge on any atom is -0.431 e. The zero-order chi connectivity index (χ0) is 21.6. The molecule has 0 saturated heterocycles. The van der Waals surface area contributed by atoms with Crippen LogP contribution in [0.1, 0.15) is 95.9 Å². The lowest BCUT2D eigenvalue weighted by molar-refractivity contribution is -0.117. The highest BCUT2D eigenvalue weighted by Gasteiger charge is 2.42. The fourth-order valence-corrected chi connectivity index (χ4v) is 3.43. The Bertz CT molecular complexity index is 452. The smallest absolute Gasteiger partial charge is 0.431 e. The minimum atomic E-state index is -0.692. The topological polar surface area (TPSA) is 54.0 Å². The average molecular weight is 389 g/mol. The maximum atomic E-state index is 12.4. The predicted octanol–water partition coefficient (Wildman–Crippen LogP) is 6.13. The fourth-order valence-electron chi connectivity index (χ4n) is 3.43. The fraction of sp³-hybridized carbons (Fsp3) is 0.955. The molecule has 0 aromatic heterocycles. The lowest BCUT2D eigenvalue weighted by atomic mass is 9.73. The van der Waals surface area contributed by atoms with Gasteiger partial charge in [-0.1, -0.05) is 13.8 Å². The molecule has 5 heteroatoms. The third kappa shape index (κ3) is 10.3. The van der Waals surface area contributed by atoms with Gasteiger partial charge < -0.3 is 18.9 Å². The molecule has 0 rings (SSSR count). The van der Waals surface area contributed by atoms with Gasteiger partial charge in [0.25, 0.3) is 0 Å². The Hall–Kier alpha value is -0.810. The highest BCUT2D eigenvalue weighted by Crippen LogP contribution is 2.39. The van der Waals surface area contributed by atoms with Gasteiger partial charge in [-0.05, 0) is 75.7 Å². The van der Waals surface area contributed by atoms with Crippen molar-refractivity contribution in [2.24, 2.45) is 5.41 Å². The molecule has 5 nitrogen and oxygen atoms in total. The van der Waals surface area contributed by atoms with Crippen LogP contribution in [0, 0.1) is 5.41 Å². The minimum absolute atomic E-state index is 0.0757. The highest BCUT2D eigenvalue weighted by atomic mass is 16.7. The van der Waals surface area contributed by atoms with E-state index in [1.54, 1.807) is 0 Å². The van der Waals surface area contributed by atoms with E-state index in [4.69, 9.17) is 18.9 Å². The Morgan fingerprint density at radius 1 is 0.778 bits per heavy atom. The first kappa shape index (κ1) is 26.2. The highest BCUT2D eigenvalue weighted by molar-refractivity contribution is 5.60. The van der Waals surface area contributed by atoms with Gasteiger partial charge in [0, 0.05) is 11.8 Å². The summed E-state index contributed by atoms with van der Waals surface area (Å²) in [6.45, 7) is 24.0. The van der Waals surface area contributed by atoms with Gasteiger partial charge in [0.05, 0.1) is 23.9 Å². The largest absolute Gasteiger partial charge is 0.509 e. The molecule has 0 amide bonds. The number of carbonyl (C=O) groups excluding carboxylic acids is 1. The molecule has 0 aliphatic heterocycles. The first-order valence-corrected chi connectivity index (χ1v) is 10.2. The van der Waals surface area contributed by atoms with E-state index < -0.39 is 11.8 Å². The lowest BCUT2D eigenvalue weighted by Gasteiger charge is -2.42. The van der Waals surface area contributed by atoms with Gasteiger partial charge in [0.1, 0.15) is 11.7 Å². The Labute approximate surface area is 167 Å². The molecule has 2 unspecified atom stereocenters. The molecule has 0 fully saturated rings. The average Bonchev–Trinajstić information content (AvgIpc) is 2.31. The lowest BCUT2D eigenvalue weighted by Crippen LogP contribution is -2.46. The molecule has 0 aromatic carbocycles. The standard InChI is InChI=1S/C22H44O5/c1-15(2)24-17(5)13-20(7,8)22(11,12)27-19(23)25-18(6)14-21(9,10)26-16(3)4/h15-18H,13-14H2,1-12H3. The van der Waals surface area contributed by atoms with Gasteiger partial charge in [-0.15, -0.1) is 0 Å². The normalized spacial score (nSPS) is 15.8. The number of hydrogen-bond acceptors (Lipinski definition) is 5. The molecule has 27 heavy (non-hydrogen) atoms. The summed E-state index contributed by atoms with van der Waals surface area (Å²) >= 11 is 0. The van der Waals surface area contributed by atoms with Crippen molar-refractivity contribution < 1.29 is 23.7 Å².